The molecule has 2 heterocycles. The van der Waals surface area contributed by atoms with Crippen LogP contribution in [0.15, 0.2) is 83.3 Å². The van der Waals surface area contributed by atoms with Crippen molar-refractivity contribution in [3.8, 4) is 0 Å². The van der Waals surface area contributed by atoms with Crippen molar-refractivity contribution in [3.05, 3.63) is 101 Å². The van der Waals surface area contributed by atoms with Gasteiger partial charge in [-0.15, -0.1) is 22.7 Å². The number of benzene rings is 4. The number of hydrogen-bond acceptors (Lipinski definition) is 2. The molecule has 5 heteroatoms. The Morgan fingerprint density at radius 3 is 1.63 bits per heavy atom. The molecule has 4 aromatic carbocycles. The van der Waals surface area contributed by atoms with Crippen LogP contribution in [-0.2, 0) is 0 Å². The van der Waals surface area contributed by atoms with Crippen molar-refractivity contribution in [1.82, 2.24) is 0 Å². The van der Waals surface area contributed by atoms with E-state index >= 15 is 0 Å². The summed E-state index contributed by atoms with van der Waals surface area (Å²) in [6.07, 6.45) is 0. The van der Waals surface area contributed by atoms with Crippen molar-refractivity contribution in [2.24, 2.45) is 0 Å². The summed E-state index contributed by atoms with van der Waals surface area (Å²) in [5.74, 6) is 0. The maximum Gasteiger partial charge on any atom is 0.0413 e. The highest BCUT2D eigenvalue weighted by Gasteiger charge is 2.05. The van der Waals surface area contributed by atoms with Crippen molar-refractivity contribution in [1.29, 1.82) is 0 Å². The summed E-state index contributed by atoms with van der Waals surface area (Å²) in [6.45, 7) is 0. The molecule has 0 saturated carbocycles. The number of rotatable bonds is 0. The molecule has 0 aliphatic rings. The van der Waals surface area contributed by atoms with Crippen LogP contribution in [-0.4, -0.2) is 0 Å². The monoisotopic (exact) mass is 529 g/mol. The van der Waals surface area contributed by atoms with E-state index in [0.29, 0.717) is 0 Å². The van der Waals surface area contributed by atoms with E-state index in [2.05, 4.69) is 70.5 Å². The van der Waals surface area contributed by atoms with Crippen LogP contribution in [0, 0.1) is 7.43 Å². The fraction of sp³-hybridized carbons (Fsp3) is 0. The zero-order chi connectivity index (χ0) is 20.0. The average molecular weight is 531 g/mol. The van der Waals surface area contributed by atoms with E-state index in [0.717, 1.165) is 14.5 Å². The largest absolute Gasteiger partial charge is 0.358 e. The molecule has 0 spiro atoms. The SMILES string of the molecule is Clc1ccc2sc3ccc(Br)cc3c2c1.Clc1ccc2sc3ccccc3c2c1.[CH3-]. The predicted octanol–water partition coefficient (Wildman–Crippen LogP) is 10.6. The Labute approximate surface area is 201 Å². The van der Waals surface area contributed by atoms with Crippen molar-refractivity contribution >= 4 is 102 Å². The molecular weight excluding hydrogens is 515 g/mol. The molecule has 2 aromatic heterocycles. The van der Waals surface area contributed by atoms with E-state index in [9.17, 15) is 0 Å². The van der Waals surface area contributed by atoms with Crippen LogP contribution < -0.4 is 0 Å². The minimum atomic E-state index is 0. The molecule has 0 fully saturated rings. The molecule has 0 bridgehead atoms. The molecule has 0 unspecified atom stereocenters. The van der Waals surface area contributed by atoms with Gasteiger partial charge < -0.3 is 7.43 Å². The van der Waals surface area contributed by atoms with Gasteiger partial charge in [0.2, 0.25) is 0 Å². The molecule has 0 amide bonds. The molecule has 0 radical (unpaired) electrons. The maximum absolute atomic E-state index is 6.01. The summed E-state index contributed by atoms with van der Waals surface area (Å²) < 4.78 is 6.32. The van der Waals surface area contributed by atoms with Gasteiger partial charge in [0.25, 0.3) is 0 Å². The van der Waals surface area contributed by atoms with Gasteiger partial charge in [0.05, 0.1) is 0 Å². The van der Waals surface area contributed by atoms with E-state index in [1.807, 2.05) is 35.6 Å². The Bertz CT molecular complexity index is 1440. The van der Waals surface area contributed by atoms with Gasteiger partial charge in [-0.1, -0.05) is 57.3 Å². The van der Waals surface area contributed by atoms with E-state index in [1.54, 1.807) is 11.3 Å². The second-order valence-corrected chi connectivity index (χ2v) is 10.6. The van der Waals surface area contributed by atoms with Crippen molar-refractivity contribution in [2.75, 3.05) is 0 Å². The minimum absolute atomic E-state index is 0. The second-order valence-electron chi connectivity index (χ2n) is 6.62. The van der Waals surface area contributed by atoms with Crippen molar-refractivity contribution in [3.63, 3.8) is 0 Å². The highest BCUT2D eigenvalue weighted by Crippen LogP contribution is 2.37. The first-order chi connectivity index (χ1) is 14.1. The van der Waals surface area contributed by atoms with Gasteiger partial charge in [-0.2, -0.15) is 0 Å². The van der Waals surface area contributed by atoms with Crippen LogP contribution in [0.5, 0.6) is 0 Å². The first kappa shape index (κ1) is 21.6. The summed E-state index contributed by atoms with van der Waals surface area (Å²) >= 11 is 19.1. The molecule has 30 heavy (non-hydrogen) atoms. The topological polar surface area (TPSA) is 0 Å². The lowest BCUT2D eigenvalue weighted by molar-refractivity contribution is 1.77. The van der Waals surface area contributed by atoms with Gasteiger partial charge in [-0.3, -0.25) is 0 Å². The summed E-state index contributed by atoms with van der Waals surface area (Å²) in [5, 5.41) is 6.67. The van der Waals surface area contributed by atoms with Gasteiger partial charge >= 0.3 is 0 Å². The highest BCUT2D eigenvalue weighted by atomic mass is 79.9. The van der Waals surface area contributed by atoms with Crippen LogP contribution >= 0.6 is 61.8 Å². The molecule has 150 valence electrons. The molecule has 0 aliphatic carbocycles. The van der Waals surface area contributed by atoms with Gasteiger partial charge in [0, 0.05) is 54.9 Å². The number of hydrogen-bond donors (Lipinski definition) is 0. The molecule has 6 rings (SSSR count). The van der Waals surface area contributed by atoms with E-state index in [-0.39, 0.29) is 7.43 Å². The van der Waals surface area contributed by atoms with Crippen LogP contribution in [0.25, 0.3) is 40.3 Å². The first-order valence-corrected chi connectivity index (χ1v) is 12.1. The Morgan fingerprint density at radius 2 is 1.00 bits per heavy atom. The third kappa shape index (κ3) is 4.10. The lowest BCUT2D eigenvalue weighted by Gasteiger charge is -1.93. The second kappa shape index (κ2) is 8.86. The van der Waals surface area contributed by atoms with E-state index in [1.165, 1.54) is 40.3 Å². The fourth-order valence-electron chi connectivity index (χ4n) is 3.42. The lowest BCUT2D eigenvalue weighted by Crippen LogP contribution is -1.67. The Morgan fingerprint density at radius 1 is 0.533 bits per heavy atom. The predicted molar refractivity (Wildman–Crippen MR) is 143 cm³/mol. The number of halogens is 3. The molecule has 0 atom stereocenters. The Kier molecular flexibility index (Phi) is 6.38. The van der Waals surface area contributed by atoms with Crippen molar-refractivity contribution < 1.29 is 0 Å². The third-order valence-electron chi connectivity index (χ3n) is 4.73. The molecular formula is C25H16BrCl2S2-. The van der Waals surface area contributed by atoms with Crippen LogP contribution in [0.2, 0.25) is 10.0 Å². The first-order valence-electron chi connectivity index (χ1n) is 8.92. The van der Waals surface area contributed by atoms with E-state index in [4.69, 9.17) is 23.2 Å². The quantitative estimate of drug-likeness (QED) is 0.171. The third-order valence-corrected chi connectivity index (χ3v) is 8.00. The smallest absolute Gasteiger partial charge is 0.0413 e. The molecule has 6 aromatic rings. The summed E-state index contributed by atoms with van der Waals surface area (Å²) in [7, 11) is 0. The van der Waals surface area contributed by atoms with Gasteiger partial charge in [-0.25, -0.2) is 0 Å². The molecule has 0 saturated heterocycles. The lowest BCUT2D eigenvalue weighted by atomic mass is 10.1. The normalized spacial score (nSPS) is 10.9. The molecule has 0 nitrogen and oxygen atoms in total. The van der Waals surface area contributed by atoms with Gasteiger partial charge in [0.15, 0.2) is 0 Å². The standard InChI is InChI=1S/C12H6BrClS.C12H7ClS.CH3/c13-7-1-3-11-9(5-7)10-6-8(14)2-4-12(10)15-11;13-8-5-6-12-10(7-8)9-3-1-2-4-11(9)14-12;/h1-6H;1-7H;1H3/q;;-1. The number of fused-ring (bicyclic) bond motifs is 6. The summed E-state index contributed by atoms with van der Waals surface area (Å²) in [4.78, 5) is 0. The van der Waals surface area contributed by atoms with Crippen molar-refractivity contribution in [2.45, 2.75) is 0 Å². The highest BCUT2D eigenvalue weighted by molar-refractivity contribution is 9.10. The summed E-state index contributed by atoms with van der Waals surface area (Å²) in [6, 6.07) is 26.9. The Balaban J connectivity index is 0.000000141. The zero-order valence-electron chi connectivity index (χ0n) is 16.0. The molecule has 0 N–H and O–H groups in total. The van der Waals surface area contributed by atoms with Crippen LogP contribution in [0.4, 0.5) is 0 Å². The minimum Gasteiger partial charge on any atom is -0.358 e. The summed E-state index contributed by atoms with van der Waals surface area (Å²) in [5.41, 5.74) is 0. The maximum atomic E-state index is 6.01. The van der Waals surface area contributed by atoms with Gasteiger partial charge in [-0.05, 0) is 60.7 Å². The fourth-order valence-corrected chi connectivity index (χ4v) is 6.28. The van der Waals surface area contributed by atoms with Crippen LogP contribution in [0.1, 0.15) is 0 Å². The Hall–Kier alpha value is -1.62. The van der Waals surface area contributed by atoms with Crippen LogP contribution in [0.3, 0.4) is 0 Å². The molecule has 0 aliphatic heterocycles. The van der Waals surface area contributed by atoms with Gasteiger partial charge in [0.1, 0.15) is 0 Å². The zero-order valence-corrected chi connectivity index (χ0v) is 20.7. The number of thiophene rings is 2. The average Bonchev–Trinajstić information content (AvgIpc) is 3.26. The van der Waals surface area contributed by atoms with E-state index < -0.39 is 0 Å².